The van der Waals surface area contributed by atoms with Crippen molar-refractivity contribution in [2.24, 2.45) is 0 Å². The van der Waals surface area contributed by atoms with Gasteiger partial charge in [-0.1, -0.05) is 20.8 Å². The van der Waals surface area contributed by atoms with Gasteiger partial charge in [-0.3, -0.25) is 10.1 Å². The summed E-state index contributed by atoms with van der Waals surface area (Å²) in [5.74, 6) is 0.918. The Bertz CT molecular complexity index is 244. The third-order valence-electron chi connectivity index (χ3n) is 3.09. The summed E-state index contributed by atoms with van der Waals surface area (Å²) in [6, 6.07) is 0. The SMILES string of the molecule is CC(C)(C)[Si](C)(C)OC(=O)C1NCCS1. The fourth-order valence-electron chi connectivity index (χ4n) is 1.04. The largest absolute Gasteiger partial charge is 0.517 e. The highest BCUT2D eigenvalue weighted by atomic mass is 32.2. The topological polar surface area (TPSA) is 38.3 Å². The zero-order valence-corrected chi connectivity index (χ0v) is 12.0. The summed E-state index contributed by atoms with van der Waals surface area (Å²) < 4.78 is 5.70. The Morgan fingerprint density at radius 2 is 2.07 bits per heavy atom. The molecule has 0 aromatic carbocycles. The molecule has 1 fully saturated rings. The van der Waals surface area contributed by atoms with E-state index in [1.165, 1.54) is 0 Å². The van der Waals surface area contributed by atoms with Gasteiger partial charge in [0.25, 0.3) is 8.32 Å². The first kappa shape index (κ1) is 13.1. The summed E-state index contributed by atoms with van der Waals surface area (Å²) in [6.07, 6.45) is 0. The smallest absolute Gasteiger partial charge is 0.320 e. The Hall–Kier alpha value is -0.00312. The molecule has 0 aromatic rings. The minimum Gasteiger partial charge on any atom is -0.517 e. The van der Waals surface area contributed by atoms with E-state index in [0.717, 1.165) is 12.3 Å². The second kappa shape index (κ2) is 4.47. The molecule has 5 heteroatoms. The lowest BCUT2D eigenvalue weighted by molar-refractivity contribution is -0.135. The molecule has 0 spiro atoms. The number of hydrogen-bond acceptors (Lipinski definition) is 4. The molecule has 1 N–H and O–H groups in total. The molecule has 15 heavy (non-hydrogen) atoms. The van der Waals surface area contributed by atoms with Crippen molar-refractivity contribution in [3.8, 4) is 0 Å². The van der Waals surface area contributed by atoms with Crippen molar-refractivity contribution in [1.29, 1.82) is 0 Å². The predicted octanol–water partition coefficient (Wildman–Crippen LogP) is 2.20. The van der Waals surface area contributed by atoms with E-state index in [-0.39, 0.29) is 16.4 Å². The summed E-state index contributed by atoms with van der Waals surface area (Å²) in [7, 11) is -1.94. The van der Waals surface area contributed by atoms with Crippen LogP contribution in [0.5, 0.6) is 0 Å². The number of hydrogen-bond donors (Lipinski definition) is 1. The van der Waals surface area contributed by atoms with Gasteiger partial charge < -0.3 is 4.43 Å². The normalized spacial score (nSPS) is 22.9. The van der Waals surface area contributed by atoms with Crippen molar-refractivity contribution in [2.75, 3.05) is 12.3 Å². The number of carbonyl (C=O) groups excluding carboxylic acids is 1. The highest BCUT2D eigenvalue weighted by Crippen LogP contribution is 2.37. The number of nitrogens with one attached hydrogen (secondary N) is 1. The Morgan fingerprint density at radius 1 is 1.47 bits per heavy atom. The molecular weight excluding hydrogens is 226 g/mol. The van der Waals surface area contributed by atoms with Crippen LogP contribution in [-0.4, -0.2) is 32.0 Å². The number of rotatable bonds is 2. The van der Waals surface area contributed by atoms with E-state index < -0.39 is 8.32 Å². The number of carbonyl (C=O) groups is 1. The first-order chi connectivity index (χ1) is 6.74. The van der Waals surface area contributed by atoms with Gasteiger partial charge in [0.1, 0.15) is 0 Å². The minimum absolute atomic E-state index is 0.0795. The van der Waals surface area contributed by atoms with Gasteiger partial charge in [-0.25, -0.2) is 0 Å². The monoisotopic (exact) mass is 247 g/mol. The van der Waals surface area contributed by atoms with E-state index >= 15 is 0 Å². The highest BCUT2D eigenvalue weighted by Gasteiger charge is 2.42. The second-order valence-electron chi connectivity index (χ2n) is 5.39. The Labute approximate surface area is 97.5 Å². The molecule has 0 radical (unpaired) electrons. The maximum absolute atomic E-state index is 11.8. The van der Waals surface area contributed by atoms with E-state index in [1.807, 2.05) is 0 Å². The van der Waals surface area contributed by atoms with Gasteiger partial charge in [0, 0.05) is 12.3 Å². The molecule has 1 aliphatic heterocycles. The van der Waals surface area contributed by atoms with Gasteiger partial charge >= 0.3 is 5.97 Å². The van der Waals surface area contributed by atoms with Crippen molar-refractivity contribution < 1.29 is 9.22 Å². The van der Waals surface area contributed by atoms with E-state index in [2.05, 4.69) is 39.2 Å². The van der Waals surface area contributed by atoms with Crippen LogP contribution in [-0.2, 0) is 9.22 Å². The van der Waals surface area contributed by atoms with Gasteiger partial charge in [-0.05, 0) is 18.1 Å². The van der Waals surface area contributed by atoms with Crippen molar-refractivity contribution >= 4 is 26.0 Å². The molecule has 1 unspecified atom stereocenters. The average molecular weight is 247 g/mol. The van der Waals surface area contributed by atoms with Gasteiger partial charge in [0.05, 0.1) is 0 Å². The average Bonchev–Trinajstić information content (AvgIpc) is 2.51. The second-order valence-corrected chi connectivity index (χ2v) is 11.3. The predicted molar refractivity (Wildman–Crippen MR) is 67.5 cm³/mol. The zero-order valence-electron chi connectivity index (χ0n) is 10.2. The lowest BCUT2D eigenvalue weighted by Gasteiger charge is -2.36. The lowest BCUT2D eigenvalue weighted by atomic mass is 10.2. The van der Waals surface area contributed by atoms with Crippen molar-refractivity contribution in [1.82, 2.24) is 5.32 Å². The fourth-order valence-corrected chi connectivity index (χ4v) is 2.94. The molecular formula is C10H21NO2SSi. The van der Waals surface area contributed by atoms with E-state index in [1.54, 1.807) is 11.8 Å². The van der Waals surface area contributed by atoms with Crippen LogP contribution >= 0.6 is 11.8 Å². The Morgan fingerprint density at radius 3 is 2.47 bits per heavy atom. The maximum Gasteiger partial charge on any atom is 0.320 e. The van der Waals surface area contributed by atoms with Crippen LogP contribution < -0.4 is 5.32 Å². The summed E-state index contributed by atoms with van der Waals surface area (Å²) >= 11 is 1.64. The van der Waals surface area contributed by atoms with Crippen LogP contribution in [0.15, 0.2) is 0 Å². The van der Waals surface area contributed by atoms with E-state index in [9.17, 15) is 4.79 Å². The van der Waals surface area contributed by atoms with Gasteiger partial charge in [0.15, 0.2) is 5.37 Å². The highest BCUT2D eigenvalue weighted by molar-refractivity contribution is 8.00. The Kier molecular flexibility index (Phi) is 3.89. The molecule has 1 heterocycles. The summed E-state index contributed by atoms with van der Waals surface area (Å²) in [6.45, 7) is 11.5. The fraction of sp³-hybridized carbons (Fsp3) is 0.900. The van der Waals surface area contributed by atoms with Crippen LogP contribution in [0.2, 0.25) is 18.1 Å². The molecule has 0 aliphatic carbocycles. The van der Waals surface area contributed by atoms with Gasteiger partial charge in [-0.15, -0.1) is 11.8 Å². The molecule has 88 valence electrons. The van der Waals surface area contributed by atoms with Crippen LogP contribution in [0.3, 0.4) is 0 Å². The lowest BCUT2D eigenvalue weighted by Crippen LogP contribution is -2.46. The molecule has 0 aromatic heterocycles. The van der Waals surface area contributed by atoms with Crippen LogP contribution in [0, 0.1) is 0 Å². The molecule has 1 atom stereocenters. The standard InChI is InChI=1S/C10H21NO2SSi/c1-10(2,3)15(4,5)13-9(12)8-11-6-7-14-8/h8,11H,6-7H2,1-5H3. The minimum atomic E-state index is -1.94. The summed E-state index contributed by atoms with van der Waals surface area (Å²) in [4.78, 5) is 11.8. The maximum atomic E-state index is 11.8. The molecule has 1 rings (SSSR count). The molecule has 0 amide bonds. The van der Waals surface area contributed by atoms with Crippen LogP contribution in [0.4, 0.5) is 0 Å². The molecule has 0 bridgehead atoms. The first-order valence-corrected chi connectivity index (χ1v) is 9.27. The molecule has 0 saturated carbocycles. The number of thioether (sulfide) groups is 1. The molecule has 3 nitrogen and oxygen atoms in total. The van der Waals surface area contributed by atoms with E-state index in [4.69, 9.17) is 4.43 Å². The van der Waals surface area contributed by atoms with Gasteiger partial charge in [0.2, 0.25) is 0 Å². The third-order valence-corrected chi connectivity index (χ3v) is 8.55. The Balaban J connectivity index is 2.57. The zero-order chi connectivity index (χ0) is 11.7. The van der Waals surface area contributed by atoms with Crippen LogP contribution in [0.25, 0.3) is 0 Å². The van der Waals surface area contributed by atoms with Gasteiger partial charge in [-0.2, -0.15) is 0 Å². The summed E-state index contributed by atoms with van der Waals surface area (Å²) in [5, 5.41) is 3.09. The quantitative estimate of drug-likeness (QED) is 0.759. The first-order valence-electron chi connectivity index (χ1n) is 5.32. The van der Waals surface area contributed by atoms with Crippen LogP contribution in [0.1, 0.15) is 20.8 Å². The third kappa shape index (κ3) is 3.22. The van der Waals surface area contributed by atoms with E-state index in [0.29, 0.717) is 0 Å². The van der Waals surface area contributed by atoms with Crippen molar-refractivity contribution in [3.05, 3.63) is 0 Å². The van der Waals surface area contributed by atoms with Crippen molar-refractivity contribution in [2.45, 2.75) is 44.3 Å². The van der Waals surface area contributed by atoms with Crippen molar-refractivity contribution in [3.63, 3.8) is 0 Å². The molecule has 1 saturated heterocycles. The molecule has 1 aliphatic rings. The summed E-state index contributed by atoms with van der Waals surface area (Å²) in [5.41, 5.74) is 0.